The van der Waals surface area contributed by atoms with E-state index in [1.165, 1.54) is 6.07 Å². The van der Waals surface area contributed by atoms with Crippen molar-refractivity contribution < 1.29 is 27.6 Å². The molecule has 40 heavy (non-hydrogen) atoms. The van der Waals surface area contributed by atoms with E-state index >= 15 is 0 Å². The fourth-order valence-corrected chi connectivity index (χ4v) is 4.92. The summed E-state index contributed by atoms with van der Waals surface area (Å²) in [4.78, 5) is 40.8. The smallest absolute Gasteiger partial charge is 0.372 e. The molecule has 1 heterocycles. The summed E-state index contributed by atoms with van der Waals surface area (Å²) < 4.78 is 39.0. The van der Waals surface area contributed by atoms with Crippen molar-refractivity contribution in [3.05, 3.63) is 101 Å². The number of halogens is 4. The lowest BCUT2D eigenvalue weighted by Crippen LogP contribution is -2.40. The Bertz CT molecular complexity index is 1600. The van der Waals surface area contributed by atoms with E-state index in [1.807, 2.05) is 12.1 Å². The van der Waals surface area contributed by atoms with Gasteiger partial charge >= 0.3 is 6.18 Å². The van der Waals surface area contributed by atoms with Gasteiger partial charge in [0.1, 0.15) is 6.04 Å². The van der Waals surface area contributed by atoms with Crippen molar-refractivity contribution in [2.45, 2.75) is 26.1 Å². The maximum atomic E-state index is 13.3. The highest BCUT2D eigenvalue weighted by molar-refractivity contribution is 6.36. The molecule has 3 amide bonds. The van der Waals surface area contributed by atoms with Crippen LogP contribution in [-0.2, 0) is 11.0 Å². The molecule has 1 aliphatic rings. The molecule has 204 valence electrons. The minimum atomic E-state index is -4.54. The fraction of sp³-hybridized carbons (Fsp3) is 0.167. The SMILES string of the molecule is CC(C)[C@@H](Nc1ccc(C(F)(F)F)cc1Cl)C(=O)Nc1ccc(N2C(=O)c3cccc4cccc(c34)C2=O)cc1. The number of hydrogen-bond acceptors (Lipinski definition) is 4. The molecule has 10 heteroatoms. The summed E-state index contributed by atoms with van der Waals surface area (Å²) in [7, 11) is 0. The third-order valence-electron chi connectivity index (χ3n) is 6.72. The molecule has 0 bridgehead atoms. The predicted molar refractivity (Wildman–Crippen MR) is 149 cm³/mol. The van der Waals surface area contributed by atoms with Crippen LogP contribution < -0.4 is 15.5 Å². The maximum absolute atomic E-state index is 13.3. The van der Waals surface area contributed by atoms with Crippen LogP contribution in [0.3, 0.4) is 0 Å². The third kappa shape index (κ3) is 5.00. The van der Waals surface area contributed by atoms with Crippen LogP contribution >= 0.6 is 11.6 Å². The van der Waals surface area contributed by atoms with Gasteiger partial charge < -0.3 is 10.6 Å². The summed E-state index contributed by atoms with van der Waals surface area (Å²) in [6.07, 6.45) is -4.54. The molecule has 4 aromatic carbocycles. The number of carbonyl (C=O) groups excluding carboxylic acids is 3. The van der Waals surface area contributed by atoms with E-state index in [0.29, 0.717) is 27.9 Å². The number of carbonyl (C=O) groups is 3. The van der Waals surface area contributed by atoms with Gasteiger partial charge in [-0.15, -0.1) is 0 Å². The summed E-state index contributed by atoms with van der Waals surface area (Å²) in [5.74, 6) is -1.57. The number of nitrogens with zero attached hydrogens (tertiary/aromatic N) is 1. The van der Waals surface area contributed by atoms with Crippen molar-refractivity contribution in [2.24, 2.45) is 5.92 Å². The van der Waals surface area contributed by atoms with Crippen LogP contribution in [0.2, 0.25) is 5.02 Å². The number of nitrogens with one attached hydrogen (secondary N) is 2. The highest BCUT2D eigenvalue weighted by Gasteiger charge is 2.34. The fourth-order valence-electron chi connectivity index (χ4n) is 4.69. The first-order valence-electron chi connectivity index (χ1n) is 12.4. The van der Waals surface area contributed by atoms with Crippen LogP contribution in [0.15, 0.2) is 78.9 Å². The van der Waals surface area contributed by atoms with Gasteiger partial charge in [-0.2, -0.15) is 13.2 Å². The first kappa shape index (κ1) is 27.2. The summed E-state index contributed by atoms with van der Waals surface area (Å²) >= 11 is 6.07. The summed E-state index contributed by atoms with van der Waals surface area (Å²) in [5, 5.41) is 6.97. The van der Waals surface area contributed by atoms with Gasteiger partial charge in [0.25, 0.3) is 11.8 Å². The highest BCUT2D eigenvalue weighted by Crippen LogP contribution is 2.35. The number of anilines is 3. The Kier molecular flexibility index (Phi) is 7.01. The van der Waals surface area contributed by atoms with Crippen molar-refractivity contribution >= 4 is 57.2 Å². The molecule has 5 rings (SSSR count). The van der Waals surface area contributed by atoms with E-state index in [-0.39, 0.29) is 16.6 Å². The first-order valence-corrected chi connectivity index (χ1v) is 12.8. The standard InChI is InChI=1S/C30H23ClF3N3O3/c1-16(2)26(36-24-14-9-18(15-23(24)31)30(32,33)34)27(38)35-19-10-12-20(13-11-19)37-28(39)21-7-3-5-17-6-4-8-22(25(17)21)29(37)40/h3-16,26,36H,1-2H3,(H,35,38)/t26-/m1/s1. The maximum Gasteiger partial charge on any atom is 0.416 e. The third-order valence-corrected chi connectivity index (χ3v) is 7.03. The van der Waals surface area contributed by atoms with Gasteiger partial charge in [0.05, 0.1) is 22.0 Å². The first-order chi connectivity index (χ1) is 19.0. The zero-order chi connectivity index (χ0) is 28.8. The van der Waals surface area contributed by atoms with E-state index in [4.69, 9.17) is 11.6 Å². The quantitative estimate of drug-likeness (QED) is 0.239. The van der Waals surface area contributed by atoms with E-state index < -0.39 is 35.5 Å². The average molecular weight is 566 g/mol. The topological polar surface area (TPSA) is 78.5 Å². The number of alkyl halides is 3. The monoisotopic (exact) mass is 565 g/mol. The molecule has 0 aliphatic carbocycles. The predicted octanol–water partition coefficient (Wildman–Crippen LogP) is 7.39. The Morgan fingerprint density at radius 3 is 2.00 bits per heavy atom. The van der Waals surface area contributed by atoms with Crippen LogP contribution in [0.1, 0.15) is 40.1 Å². The number of rotatable bonds is 6. The lowest BCUT2D eigenvalue weighted by molar-refractivity contribution is -0.137. The summed E-state index contributed by atoms with van der Waals surface area (Å²) in [5.41, 5.74) is 0.903. The molecule has 0 saturated heterocycles. The van der Waals surface area contributed by atoms with Crippen LogP contribution in [0.4, 0.5) is 30.2 Å². The molecule has 1 aliphatic heterocycles. The lowest BCUT2D eigenvalue weighted by atomic mass is 9.94. The molecule has 1 atom stereocenters. The number of amides is 3. The molecule has 0 radical (unpaired) electrons. The highest BCUT2D eigenvalue weighted by atomic mass is 35.5. The van der Waals surface area contributed by atoms with E-state index in [2.05, 4.69) is 10.6 Å². The van der Waals surface area contributed by atoms with Crippen LogP contribution in [0, 0.1) is 5.92 Å². The number of benzene rings is 4. The molecular weight excluding hydrogens is 543 g/mol. The minimum absolute atomic E-state index is 0.161. The van der Waals surface area contributed by atoms with Crippen LogP contribution in [0.5, 0.6) is 0 Å². The molecule has 4 aromatic rings. The largest absolute Gasteiger partial charge is 0.416 e. The van der Waals surface area contributed by atoms with Gasteiger partial charge in [-0.25, -0.2) is 4.90 Å². The molecule has 0 unspecified atom stereocenters. The van der Waals surface area contributed by atoms with Crippen molar-refractivity contribution in [1.29, 1.82) is 0 Å². The van der Waals surface area contributed by atoms with E-state index in [1.54, 1.807) is 62.4 Å². The van der Waals surface area contributed by atoms with Gasteiger partial charge in [-0.1, -0.05) is 49.7 Å². The molecule has 0 aromatic heterocycles. The van der Waals surface area contributed by atoms with Crippen molar-refractivity contribution in [1.82, 2.24) is 0 Å². The Balaban J connectivity index is 1.34. The summed E-state index contributed by atoms with van der Waals surface area (Å²) in [6.45, 7) is 3.56. The van der Waals surface area contributed by atoms with Gasteiger partial charge in [-0.3, -0.25) is 14.4 Å². The molecular formula is C30H23ClF3N3O3. The van der Waals surface area contributed by atoms with Crippen molar-refractivity contribution in [2.75, 3.05) is 15.5 Å². The van der Waals surface area contributed by atoms with Gasteiger partial charge in [0.15, 0.2) is 0 Å². The summed E-state index contributed by atoms with van der Waals surface area (Å²) in [6, 6.07) is 18.9. The minimum Gasteiger partial charge on any atom is -0.372 e. The second-order valence-corrected chi connectivity index (χ2v) is 10.2. The van der Waals surface area contributed by atoms with Crippen molar-refractivity contribution in [3.8, 4) is 0 Å². The van der Waals surface area contributed by atoms with E-state index in [0.717, 1.165) is 22.4 Å². The molecule has 2 N–H and O–H groups in total. The van der Waals surface area contributed by atoms with Crippen molar-refractivity contribution in [3.63, 3.8) is 0 Å². The molecule has 0 spiro atoms. The van der Waals surface area contributed by atoms with E-state index in [9.17, 15) is 27.6 Å². The Morgan fingerprint density at radius 1 is 0.875 bits per heavy atom. The van der Waals surface area contributed by atoms with Gasteiger partial charge in [0, 0.05) is 22.2 Å². The molecule has 6 nitrogen and oxygen atoms in total. The number of hydrogen-bond donors (Lipinski definition) is 2. The van der Waals surface area contributed by atoms with Crippen LogP contribution in [-0.4, -0.2) is 23.8 Å². The van der Waals surface area contributed by atoms with Gasteiger partial charge in [0.2, 0.25) is 5.91 Å². The Labute approximate surface area is 232 Å². The van der Waals surface area contributed by atoms with Crippen LogP contribution in [0.25, 0.3) is 10.8 Å². The second kappa shape index (κ2) is 10.3. The normalized spacial score (nSPS) is 14.0. The lowest BCUT2D eigenvalue weighted by Gasteiger charge is -2.27. The second-order valence-electron chi connectivity index (χ2n) is 9.75. The zero-order valence-corrected chi connectivity index (χ0v) is 22.1. The molecule has 0 fully saturated rings. The molecule has 0 saturated carbocycles. The zero-order valence-electron chi connectivity index (χ0n) is 21.3. The Morgan fingerprint density at radius 2 is 1.48 bits per heavy atom. The average Bonchev–Trinajstić information content (AvgIpc) is 2.91. The van der Waals surface area contributed by atoms with Gasteiger partial charge in [-0.05, 0) is 65.9 Å². The number of imide groups is 1. The Hall–Kier alpha value is -4.37.